The Bertz CT molecular complexity index is 254. The van der Waals surface area contributed by atoms with Gasteiger partial charge in [-0.1, -0.05) is 32.6 Å². The molecule has 2 rings (SSSR count). The fourth-order valence-corrected chi connectivity index (χ4v) is 3.85. The van der Waals surface area contributed by atoms with Crippen LogP contribution in [-0.4, -0.2) is 12.7 Å². The molecule has 3 heteroatoms. The second-order valence-corrected chi connectivity index (χ2v) is 6.26. The van der Waals surface area contributed by atoms with Crippen LogP contribution in [-0.2, 0) is 4.74 Å². The summed E-state index contributed by atoms with van der Waals surface area (Å²) in [4.78, 5) is 0. The normalized spacial score (nSPS) is 28.5. The number of hydrogen-bond donors (Lipinski definition) is 0. The first-order valence-corrected chi connectivity index (χ1v) is 7.60. The lowest BCUT2D eigenvalue weighted by Gasteiger charge is -2.45. The van der Waals surface area contributed by atoms with Crippen molar-refractivity contribution in [2.75, 3.05) is 6.61 Å². The van der Waals surface area contributed by atoms with E-state index in [4.69, 9.17) is 4.74 Å². The van der Waals surface area contributed by atoms with Crippen LogP contribution in [0.15, 0.2) is 0 Å². The van der Waals surface area contributed by atoms with E-state index in [1.165, 1.54) is 19.3 Å². The predicted molar refractivity (Wildman–Crippen MR) is 68.7 cm³/mol. The Morgan fingerprint density at radius 2 is 1.78 bits per heavy atom. The van der Waals surface area contributed by atoms with E-state index in [0.717, 1.165) is 25.7 Å². The third kappa shape index (κ3) is 3.23. The number of ether oxygens (including phenoxy) is 1. The Labute approximate surface area is 109 Å². The van der Waals surface area contributed by atoms with Crippen LogP contribution in [0.25, 0.3) is 0 Å². The molecule has 18 heavy (non-hydrogen) atoms. The van der Waals surface area contributed by atoms with Gasteiger partial charge in [0.1, 0.15) is 0 Å². The summed E-state index contributed by atoms with van der Waals surface area (Å²) in [6.07, 6.45) is 7.26. The molecule has 0 aromatic carbocycles. The van der Waals surface area contributed by atoms with Crippen LogP contribution in [0, 0.1) is 11.3 Å². The highest BCUT2D eigenvalue weighted by atomic mass is 19.3. The van der Waals surface area contributed by atoms with Crippen LogP contribution in [0.1, 0.15) is 71.1 Å². The Kier molecular flexibility index (Phi) is 4.63. The van der Waals surface area contributed by atoms with Crippen LogP contribution < -0.4 is 0 Å². The molecule has 1 unspecified atom stereocenters. The van der Waals surface area contributed by atoms with Crippen LogP contribution in [0.2, 0.25) is 0 Å². The second kappa shape index (κ2) is 5.85. The molecular formula is C15H26F2O. The van der Waals surface area contributed by atoms with Gasteiger partial charge in [-0.3, -0.25) is 0 Å². The Morgan fingerprint density at radius 1 is 1.11 bits per heavy atom. The van der Waals surface area contributed by atoms with E-state index >= 15 is 0 Å². The van der Waals surface area contributed by atoms with Crippen molar-refractivity contribution in [1.82, 2.24) is 0 Å². The molecule has 0 N–H and O–H groups in total. The van der Waals surface area contributed by atoms with Gasteiger partial charge in [0.05, 0.1) is 12.5 Å². The lowest BCUT2D eigenvalue weighted by atomic mass is 9.62. The topological polar surface area (TPSA) is 9.23 Å². The molecule has 1 spiro atoms. The summed E-state index contributed by atoms with van der Waals surface area (Å²) >= 11 is 0. The third-order valence-corrected chi connectivity index (χ3v) is 4.83. The largest absolute Gasteiger partial charge is 0.358 e. The van der Waals surface area contributed by atoms with E-state index in [-0.39, 0.29) is 12.0 Å². The minimum atomic E-state index is -2.90. The summed E-state index contributed by atoms with van der Waals surface area (Å²) in [5.74, 6) is -0.545. The minimum Gasteiger partial charge on any atom is -0.320 e. The third-order valence-electron chi connectivity index (χ3n) is 4.83. The van der Waals surface area contributed by atoms with Crippen molar-refractivity contribution in [3.05, 3.63) is 0 Å². The molecular weight excluding hydrogens is 234 g/mol. The molecule has 0 heterocycles. The summed E-state index contributed by atoms with van der Waals surface area (Å²) in [6, 6.07) is 0. The van der Waals surface area contributed by atoms with Crippen molar-refractivity contribution in [2.45, 2.75) is 77.2 Å². The maximum atomic E-state index is 14.0. The Hall–Kier alpha value is -0.180. The minimum absolute atomic E-state index is 0.177. The first-order chi connectivity index (χ1) is 8.58. The number of hydrogen-bond acceptors (Lipinski definition) is 1. The molecule has 0 aliphatic heterocycles. The summed E-state index contributed by atoms with van der Waals surface area (Å²) in [5, 5.41) is 0. The standard InChI is InChI=1S/C15H26F2O/c1-2-11-18-15(16,17)13-7-6-10-14(12-13)8-4-3-5-9-14/h13H,2-12H2,1H3. The summed E-state index contributed by atoms with van der Waals surface area (Å²) < 4.78 is 32.8. The van der Waals surface area contributed by atoms with E-state index < -0.39 is 12.0 Å². The zero-order valence-electron chi connectivity index (χ0n) is 11.5. The van der Waals surface area contributed by atoms with Gasteiger partial charge in [-0.25, -0.2) is 0 Å². The van der Waals surface area contributed by atoms with Crippen LogP contribution in [0.4, 0.5) is 8.78 Å². The van der Waals surface area contributed by atoms with Gasteiger partial charge in [0.2, 0.25) is 0 Å². The lowest BCUT2D eigenvalue weighted by Crippen LogP contribution is -2.40. The number of alkyl halides is 2. The molecule has 0 amide bonds. The van der Waals surface area contributed by atoms with Gasteiger partial charge in [-0.15, -0.1) is 0 Å². The van der Waals surface area contributed by atoms with Crippen LogP contribution >= 0.6 is 0 Å². The lowest BCUT2D eigenvalue weighted by molar-refractivity contribution is -0.282. The first kappa shape index (κ1) is 14.2. The fraction of sp³-hybridized carbons (Fsp3) is 1.00. The summed E-state index contributed by atoms with van der Waals surface area (Å²) in [5.41, 5.74) is 0.222. The highest BCUT2D eigenvalue weighted by molar-refractivity contribution is 4.90. The maximum absolute atomic E-state index is 14.0. The fourth-order valence-electron chi connectivity index (χ4n) is 3.85. The molecule has 0 aromatic heterocycles. The van der Waals surface area contributed by atoms with Crippen molar-refractivity contribution in [3.63, 3.8) is 0 Å². The Morgan fingerprint density at radius 3 is 2.44 bits per heavy atom. The zero-order chi connectivity index (χ0) is 13.1. The predicted octanol–water partition coefficient (Wildman–Crippen LogP) is 5.15. The molecule has 0 bridgehead atoms. The van der Waals surface area contributed by atoms with Gasteiger partial charge in [0.25, 0.3) is 0 Å². The highest BCUT2D eigenvalue weighted by Crippen LogP contribution is 2.52. The molecule has 0 aromatic rings. The van der Waals surface area contributed by atoms with Gasteiger partial charge in [-0.05, 0) is 43.9 Å². The van der Waals surface area contributed by atoms with E-state index in [9.17, 15) is 8.78 Å². The van der Waals surface area contributed by atoms with Crippen molar-refractivity contribution >= 4 is 0 Å². The first-order valence-electron chi connectivity index (χ1n) is 7.60. The average molecular weight is 260 g/mol. The molecule has 2 saturated carbocycles. The number of rotatable bonds is 4. The van der Waals surface area contributed by atoms with Gasteiger partial charge in [-0.2, -0.15) is 8.78 Å². The smallest absolute Gasteiger partial charge is 0.320 e. The van der Waals surface area contributed by atoms with Crippen molar-refractivity contribution in [1.29, 1.82) is 0 Å². The molecule has 2 fully saturated rings. The van der Waals surface area contributed by atoms with Crippen molar-refractivity contribution in [2.24, 2.45) is 11.3 Å². The molecule has 1 atom stereocenters. The van der Waals surface area contributed by atoms with Gasteiger partial charge < -0.3 is 4.74 Å². The van der Waals surface area contributed by atoms with Gasteiger partial charge in [0, 0.05) is 0 Å². The SMILES string of the molecule is CCCOC(F)(F)C1CCCC2(CCCCC2)C1. The average Bonchev–Trinajstić information content (AvgIpc) is 2.37. The quantitative estimate of drug-likeness (QED) is 0.679. The molecule has 0 radical (unpaired) electrons. The maximum Gasteiger partial charge on any atom is 0.358 e. The summed E-state index contributed by atoms with van der Waals surface area (Å²) in [7, 11) is 0. The molecule has 1 nitrogen and oxygen atoms in total. The molecule has 2 aliphatic rings. The van der Waals surface area contributed by atoms with Crippen molar-refractivity contribution < 1.29 is 13.5 Å². The second-order valence-electron chi connectivity index (χ2n) is 6.26. The van der Waals surface area contributed by atoms with E-state index in [2.05, 4.69) is 0 Å². The zero-order valence-corrected chi connectivity index (χ0v) is 11.5. The van der Waals surface area contributed by atoms with Gasteiger partial charge in [0.15, 0.2) is 0 Å². The van der Waals surface area contributed by atoms with Crippen LogP contribution in [0.5, 0.6) is 0 Å². The number of halogens is 2. The highest BCUT2D eigenvalue weighted by Gasteiger charge is 2.48. The van der Waals surface area contributed by atoms with Crippen molar-refractivity contribution in [3.8, 4) is 0 Å². The Balaban J connectivity index is 1.96. The van der Waals surface area contributed by atoms with E-state index in [1.807, 2.05) is 6.92 Å². The molecule has 0 saturated heterocycles. The summed E-state index contributed by atoms with van der Waals surface area (Å²) in [6.45, 7) is 2.05. The van der Waals surface area contributed by atoms with E-state index in [1.54, 1.807) is 0 Å². The monoisotopic (exact) mass is 260 g/mol. The molecule has 2 aliphatic carbocycles. The van der Waals surface area contributed by atoms with E-state index in [0.29, 0.717) is 19.3 Å². The molecule has 106 valence electrons. The van der Waals surface area contributed by atoms with Crippen LogP contribution in [0.3, 0.4) is 0 Å². The van der Waals surface area contributed by atoms with Gasteiger partial charge >= 0.3 is 6.11 Å².